The van der Waals surface area contributed by atoms with Crippen molar-refractivity contribution < 1.29 is 9.53 Å². The zero-order valence-corrected chi connectivity index (χ0v) is 11.0. The molecular formula is C11H22ClN3O2. The topological polar surface area (TPSA) is 88.2 Å². The van der Waals surface area contributed by atoms with E-state index in [1.807, 2.05) is 6.92 Å². The van der Waals surface area contributed by atoms with Crippen molar-refractivity contribution in [2.75, 3.05) is 13.2 Å². The third kappa shape index (κ3) is 5.77. The van der Waals surface area contributed by atoms with Gasteiger partial charge in [0.1, 0.15) is 0 Å². The molecule has 0 saturated heterocycles. The Bertz CT molecular complexity index is 253. The van der Waals surface area contributed by atoms with Crippen LogP contribution in [0.4, 0.5) is 0 Å². The molecule has 0 aromatic carbocycles. The van der Waals surface area contributed by atoms with Gasteiger partial charge in [0, 0.05) is 6.54 Å². The lowest BCUT2D eigenvalue weighted by molar-refractivity contribution is -0.149. The molecule has 0 aromatic heterocycles. The number of halogens is 1. The highest BCUT2D eigenvalue weighted by Gasteiger charge is 2.26. The van der Waals surface area contributed by atoms with Gasteiger partial charge in [-0.1, -0.05) is 0 Å². The van der Waals surface area contributed by atoms with Crippen LogP contribution in [0.15, 0.2) is 0 Å². The number of ether oxygens (including phenoxy) is 1. The van der Waals surface area contributed by atoms with Crippen LogP contribution >= 0.6 is 12.4 Å². The number of carbonyl (C=O) groups excluding carboxylic acids is 1. The number of carbonyl (C=O) groups is 1. The molecule has 4 N–H and O–H groups in total. The molecule has 1 aliphatic rings. The summed E-state index contributed by atoms with van der Waals surface area (Å²) in [6.45, 7) is 3.04. The largest absolute Gasteiger partial charge is 0.466 e. The summed E-state index contributed by atoms with van der Waals surface area (Å²) in [7, 11) is 0. The highest BCUT2D eigenvalue weighted by molar-refractivity contribution is 5.85. The first-order chi connectivity index (χ1) is 7.63. The normalized spacial score (nSPS) is 23.4. The van der Waals surface area contributed by atoms with Crippen LogP contribution < -0.4 is 11.1 Å². The van der Waals surface area contributed by atoms with E-state index in [0.29, 0.717) is 12.5 Å². The van der Waals surface area contributed by atoms with Crippen molar-refractivity contribution >= 4 is 24.3 Å². The van der Waals surface area contributed by atoms with Crippen LogP contribution in [0.1, 0.15) is 32.6 Å². The highest BCUT2D eigenvalue weighted by Crippen LogP contribution is 2.29. The van der Waals surface area contributed by atoms with Gasteiger partial charge in [0.25, 0.3) is 0 Å². The van der Waals surface area contributed by atoms with E-state index >= 15 is 0 Å². The predicted octanol–water partition coefficient (Wildman–Crippen LogP) is 1.26. The summed E-state index contributed by atoms with van der Waals surface area (Å²) in [5.74, 6) is 0.566. The van der Waals surface area contributed by atoms with Crippen molar-refractivity contribution in [2.45, 2.75) is 32.6 Å². The summed E-state index contributed by atoms with van der Waals surface area (Å²) in [5.41, 5.74) is 5.22. The standard InChI is InChI=1S/C11H21N3O2.ClH/c1-2-16-10(15)9-5-3-8(4-6-9)7-14-11(12)13;/h8-9H,2-7H2,1H3,(H4,12,13,14);1H. The van der Waals surface area contributed by atoms with Crippen LogP contribution in [0.3, 0.4) is 0 Å². The molecule has 17 heavy (non-hydrogen) atoms. The third-order valence-corrected chi connectivity index (χ3v) is 3.05. The average molecular weight is 264 g/mol. The summed E-state index contributed by atoms with van der Waals surface area (Å²) in [5, 5.41) is 9.90. The lowest BCUT2D eigenvalue weighted by Crippen LogP contribution is -2.36. The molecular weight excluding hydrogens is 242 g/mol. The molecule has 0 bridgehead atoms. The smallest absolute Gasteiger partial charge is 0.308 e. The molecule has 0 amide bonds. The Kier molecular flexibility index (Phi) is 7.70. The molecule has 1 aliphatic carbocycles. The Morgan fingerprint density at radius 1 is 1.41 bits per heavy atom. The Balaban J connectivity index is 0.00000256. The first-order valence-corrected chi connectivity index (χ1v) is 5.88. The minimum Gasteiger partial charge on any atom is -0.466 e. The van der Waals surface area contributed by atoms with Gasteiger partial charge in [-0.05, 0) is 38.5 Å². The van der Waals surface area contributed by atoms with Crippen molar-refractivity contribution in [3.8, 4) is 0 Å². The van der Waals surface area contributed by atoms with Crippen LogP contribution in [0.2, 0.25) is 0 Å². The van der Waals surface area contributed by atoms with Crippen molar-refractivity contribution in [3.05, 3.63) is 0 Å². The second-order valence-electron chi connectivity index (χ2n) is 4.26. The van der Waals surface area contributed by atoms with Gasteiger partial charge >= 0.3 is 5.97 Å². The van der Waals surface area contributed by atoms with Crippen molar-refractivity contribution in [3.63, 3.8) is 0 Å². The molecule has 0 heterocycles. The van der Waals surface area contributed by atoms with Gasteiger partial charge in [-0.3, -0.25) is 10.2 Å². The summed E-state index contributed by atoms with van der Waals surface area (Å²) in [6.07, 6.45) is 3.79. The van der Waals surface area contributed by atoms with Crippen molar-refractivity contribution in [1.29, 1.82) is 5.41 Å². The van der Waals surface area contributed by atoms with Gasteiger partial charge in [0.05, 0.1) is 12.5 Å². The van der Waals surface area contributed by atoms with Gasteiger partial charge in [0.2, 0.25) is 0 Å². The summed E-state index contributed by atoms with van der Waals surface area (Å²) >= 11 is 0. The zero-order valence-electron chi connectivity index (χ0n) is 10.2. The van der Waals surface area contributed by atoms with Crippen LogP contribution in [0, 0.1) is 17.2 Å². The molecule has 100 valence electrons. The maximum atomic E-state index is 11.5. The average Bonchev–Trinajstić information content (AvgIpc) is 2.27. The fraction of sp³-hybridized carbons (Fsp3) is 0.818. The van der Waals surface area contributed by atoms with E-state index < -0.39 is 0 Å². The number of nitrogens with one attached hydrogen (secondary N) is 2. The number of hydrogen-bond acceptors (Lipinski definition) is 3. The van der Waals surface area contributed by atoms with Crippen LogP contribution in [-0.4, -0.2) is 25.1 Å². The molecule has 0 spiro atoms. The molecule has 1 rings (SSSR count). The molecule has 0 radical (unpaired) electrons. The number of hydrogen-bond donors (Lipinski definition) is 3. The lowest BCUT2D eigenvalue weighted by Gasteiger charge is -2.27. The SMILES string of the molecule is CCOC(=O)C1CCC(CNC(=N)N)CC1.Cl. The maximum absolute atomic E-state index is 11.5. The summed E-state index contributed by atoms with van der Waals surface area (Å²) in [6, 6.07) is 0. The van der Waals surface area contributed by atoms with E-state index in [4.69, 9.17) is 15.9 Å². The van der Waals surface area contributed by atoms with E-state index in [1.54, 1.807) is 0 Å². The molecule has 1 saturated carbocycles. The second-order valence-corrected chi connectivity index (χ2v) is 4.26. The Hall–Kier alpha value is -0.970. The monoisotopic (exact) mass is 263 g/mol. The van der Waals surface area contributed by atoms with E-state index in [-0.39, 0.29) is 30.3 Å². The van der Waals surface area contributed by atoms with Gasteiger partial charge in [-0.25, -0.2) is 0 Å². The predicted molar refractivity (Wildman–Crippen MR) is 69.2 cm³/mol. The number of rotatable bonds is 4. The molecule has 0 atom stereocenters. The van der Waals surface area contributed by atoms with Crippen molar-refractivity contribution in [2.24, 2.45) is 17.6 Å². The Morgan fingerprint density at radius 3 is 2.47 bits per heavy atom. The van der Waals surface area contributed by atoms with E-state index in [0.717, 1.165) is 32.2 Å². The molecule has 6 heteroatoms. The minimum atomic E-state index is -0.0551. The Labute approximate surface area is 108 Å². The summed E-state index contributed by atoms with van der Waals surface area (Å²) < 4.78 is 5.01. The minimum absolute atomic E-state index is 0. The fourth-order valence-corrected chi connectivity index (χ4v) is 2.12. The summed E-state index contributed by atoms with van der Waals surface area (Å²) in [4.78, 5) is 11.5. The molecule has 0 unspecified atom stereocenters. The first-order valence-electron chi connectivity index (χ1n) is 5.88. The maximum Gasteiger partial charge on any atom is 0.308 e. The molecule has 1 fully saturated rings. The lowest BCUT2D eigenvalue weighted by atomic mass is 9.82. The number of esters is 1. The molecule has 0 aliphatic heterocycles. The van der Waals surface area contributed by atoms with Crippen LogP contribution in [0.25, 0.3) is 0 Å². The van der Waals surface area contributed by atoms with Crippen LogP contribution in [-0.2, 0) is 9.53 Å². The van der Waals surface area contributed by atoms with E-state index in [1.165, 1.54) is 0 Å². The zero-order chi connectivity index (χ0) is 12.0. The van der Waals surface area contributed by atoms with Gasteiger partial charge in [0.15, 0.2) is 5.96 Å². The van der Waals surface area contributed by atoms with Gasteiger partial charge < -0.3 is 15.8 Å². The quantitative estimate of drug-likeness (QED) is 0.405. The second kappa shape index (κ2) is 8.17. The molecule has 0 aromatic rings. The fourth-order valence-electron chi connectivity index (χ4n) is 2.12. The first kappa shape index (κ1) is 16.0. The van der Waals surface area contributed by atoms with E-state index in [9.17, 15) is 4.79 Å². The van der Waals surface area contributed by atoms with Gasteiger partial charge in [-0.15, -0.1) is 12.4 Å². The number of nitrogens with two attached hydrogens (primary N) is 1. The number of guanidine groups is 1. The van der Waals surface area contributed by atoms with Crippen molar-refractivity contribution in [1.82, 2.24) is 5.32 Å². The Morgan fingerprint density at radius 2 is 2.00 bits per heavy atom. The highest BCUT2D eigenvalue weighted by atomic mass is 35.5. The van der Waals surface area contributed by atoms with Gasteiger partial charge in [-0.2, -0.15) is 0 Å². The molecule has 5 nitrogen and oxygen atoms in total. The third-order valence-electron chi connectivity index (χ3n) is 3.05. The van der Waals surface area contributed by atoms with E-state index in [2.05, 4.69) is 5.32 Å². The van der Waals surface area contributed by atoms with Crippen LogP contribution in [0.5, 0.6) is 0 Å².